The van der Waals surface area contributed by atoms with E-state index in [0.29, 0.717) is 10.5 Å². The van der Waals surface area contributed by atoms with Crippen LogP contribution in [-0.4, -0.2) is 4.92 Å². The van der Waals surface area contributed by atoms with E-state index in [0.717, 1.165) is 4.90 Å². The Labute approximate surface area is 104 Å². The number of nitro benzene ring substituents is 1. The van der Waals surface area contributed by atoms with E-state index in [4.69, 9.17) is 0 Å². The van der Waals surface area contributed by atoms with Gasteiger partial charge in [0.2, 0.25) is 0 Å². The Hall–Kier alpha value is -1.81. The Kier molecular flexibility index (Phi) is 3.44. The van der Waals surface area contributed by atoms with Crippen molar-refractivity contribution >= 4 is 17.4 Å². The molecule has 0 aliphatic rings. The van der Waals surface area contributed by atoms with Gasteiger partial charge in [-0.25, -0.2) is 0 Å². The average molecular weight is 245 g/mol. The summed E-state index contributed by atoms with van der Waals surface area (Å²) in [5.41, 5.74) is 0.886. The van der Waals surface area contributed by atoms with Crippen LogP contribution in [0.1, 0.15) is 5.56 Å². The van der Waals surface area contributed by atoms with Gasteiger partial charge in [0.1, 0.15) is 0 Å². The molecule has 4 heteroatoms. The van der Waals surface area contributed by atoms with E-state index in [9.17, 15) is 10.1 Å². The third-order valence-electron chi connectivity index (χ3n) is 2.35. The fourth-order valence-electron chi connectivity index (χ4n) is 1.56. The van der Waals surface area contributed by atoms with Crippen molar-refractivity contribution in [2.45, 2.75) is 16.7 Å². The lowest BCUT2D eigenvalue weighted by atomic mass is 10.2. The summed E-state index contributed by atoms with van der Waals surface area (Å²) in [4.78, 5) is 12.4. The first-order chi connectivity index (χ1) is 8.18. The minimum atomic E-state index is -0.319. The Morgan fingerprint density at radius 1 is 1.06 bits per heavy atom. The highest BCUT2D eigenvalue weighted by Gasteiger charge is 2.17. The number of aryl methyl sites for hydroxylation is 1. The molecule has 0 amide bonds. The molecule has 0 aliphatic carbocycles. The van der Waals surface area contributed by atoms with Crippen LogP contribution >= 0.6 is 11.8 Å². The van der Waals surface area contributed by atoms with Gasteiger partial charge in [0.25, 0.3) is 5.69 Å². The van der Waals surface area contributed by atoms with Crippen LogP contribution in [0.25, 0.3) is 0 Å². The zero-order chi connectivity index (χ0) is 12.3. The zero-order valence-corrected chi connectivity index (χ0v) is 10.1. The quantitative estimate of drug-likeness (QED) is 0.605. The number of benzene rings is 2. The van der Waals surface area contributed by atoms with Crippen LogP contribution in [0.5, 0.6) is 0 Å². The van der Waals surface area contributed by atoms with E-state index in [1.54, 1.807) is 19.1 Å². The maximum Gasteiger partial charge on any atom is 0.286 e. The number of hydrogen-bond acceptors (Lipinski definition) is 3. The molecule has 0 aromatic heterocycles. The summed E-state index contributed by atoms with van der Waals surface area (Å²) in [6.07, 6.45) is 0. The fraction of sp³-hybridized carbons (Fsp3) is 0.0769. The predicted molar refractivity (Wildman–Crippen MR) is 68.4 cm³/mol. The van der Waals surface area contributed by atoms with E-state index >= 15 is 0 Å². The molecule has 2 aromatic rings. The Bertz CT molecular complexity index is 540. The Morgan fingerprint density at radius 3 is 2.41 bits per heavy atom. The van der Waals surface area contributed by atoms with Crippen molar-refractivity contribution in [3.05, 3.63) is 64.2 Å². The number of para-hydroxylation sites is 1. The van der Waals surface area contributed by atoms with E-state index < -0.39 is 0 Å². The van der Waals surface area contributed by atoms with Crippen molar-refractivity contribution in [1.82, 2.24) is 0 Å². The highest BCUT2D eigenvalue weighted by molar-refractivity contribution is 7.99. The highest BCUT2D eigenvalue weighted by Crippen LogP contribution is 2.36. The second kappa shape index (κ2) is 5.01. The van der Waals surface area contributed by atoms with Crippen LogP contribution in [-0.2, 0) is 0 Å². The van der Waals surface area contributed by atoms with Gasteiger partial charge in [0.05, 0.1) is 9.82 Å². The van der Waals surface area contributed by atoms with E-state index in [-0.39, 0.29) is 10.6 Å². The molecule has 2 rings (SSSR count). The third kappa shape index (κ3) is 2.65. The van der Waals surface area contributed by atoms with Gasteiger partial charge in [-0.3, -0.25) is 10.1 Å². The van der Waals surface area contributed by atoms with Crippen LogP contribution < -0.4 is 0 Å². The molecule has 0 heterocycles. The lowest BCUT2D eigenvalue weighted by Gasteiger charge is -2.04. The molecule has 0 saturated heterocycles. The first kappa shape index (κ1) is 11.7. The Morgan fingerprint density at radius 2 is 1.76 bits per heavy atom. The normalized spacial score (nSPS) is 10.2. The number of hydrogen-bond donors (Lipinski definition) is 0. The van der Waals surface area contributed by atoms with Crippen LogP contribution in [0, 0.1) is 17.0 Å². The van der Waals surface area contributed by atoms with Crippen molar-refractivity contribution in [3.63, 3.8) is 0 Å². The SMILES string of the molecule is Cc1cccc(Sc2ccccc2)c1[N+](=O)[O-]. The highest BCUT2D eigenvalue weighted by atomic mass is 32.2. The molecule has 86 valence electrons. The zero-order valence-electron chi connectivity index (χ0n) is 9.29. The lowest BCUT2D eigenvalue weighted by Crippen LogP contribution is -1.93. The summed E-state index contributed by atoms with van der Waals surface area (Å²) in [6.45, 7) is 1.76. The second-order valence-electron chi connectivity index (χ2n) is 3.59. The molecule has 0 N–H and O–H groups in total. The first-order valence-corrected chi connectivity index (χ1v) is 5.97. The van der Waals surface area contributed by atoms with Crippen LogP contribution in [0.4, 0.5) is 5.69 Å². The van der Waals surface area contributed by atoms with Gasteiger partial charge >= 0.3 is 0 Å². The van der Waals surface area contributed by atoms with Gasteiger partial charge in [0, 0.05) is 10.5 Å². The summed E-state index contributed by atoms with van der Waals surface area (Å²) in [7, 11) is 0. The van der Waals surface area contributed by atoms with Crippen molar-refractivity contribution in [1.29, 1.82) is 0 Å². The van der Waals surface area contributed by atoms with Crippen molar-refractivity contribution in [2.75, 3.05) is 0 Å². The monoisotopic (exact) mass is 245 g/mol. The molecule has 3 nitrogen and oxygen atoms in total. The molecule has 0 unspecified atom stereocenters. The van der Waals surface area contributed by atoms with Crippen LogP contribution in [0.2, 0.25) is 0 Å². The number of nitrogens with zero attached hydrogens (tertiary/aromatic N) is 1. The van der Waals surface area contributed by atoms with Gasteiger partial charge < -0.3 is 0 Å². The van der Waals surface area contributed by atoms with E-state index in [1.165, 1.54) is 11.8 Å². The number of nitro groups is 1. The van der Waals surface area contributed by atoms with Gasteiger partial charge in [-0.2, -0.15) is 0 Å². The van der Waals surface area contributed by atoms with Crippen molar-refractivity contribution in [2.24, 2.45) is 0 Å². The summed E-state index contributed by atoms with van der Waals surface area (Å²) < 4.78 is 0. The van der Waals surface area contributed by atoms with E-state index in [2.05, 4.69) is 0 Å². The lowest BCUT2D eigenvalue weighted by molar-refractivity contribution is -0.388. The molecule has 0 bridgehead atoms. The summed E-state index contributed by atoms with van der Waals surface area (Å²) in [5.74, 6) is 0. The smallest absolute Gasteiger partial charge is 0.258 e. The standard InChI is InChI=1S/C13H11NO2S/c1-10-6-5-9-12(13(10)14(15)16)17-11-7-3-2-4-8-11/h2-9H,1H3. The summed E-state index contributed by atoms with van der Waals surface area (Å²) in [5, 5.41) is 11.0. The van der Waals surface area contributed by atoms with E-state index in [1.807, 2.05) is 36.4 Å². The summed E-state index contributed by atoms with van der Waals surface area (Å²) >= 11 is 1.42. The minimum Gasteiger partial charge on any atom is -0.258 e. The van der Waals surface area contributed by atoms with Crippen LogP contribution in [0.3, 0.4) is 0 Å². The predicted octanol–water partition coefficient (Wildman–Crippen LogP) is 4.05. The van der Waals surface area contributed by atoms with Crippen LogP contribution in [0.15, 0.2) is 58.3 Å². The number of rotatable bonds is 3. The van der Waals surface area contributed by atoms with Crippen molar-refractivity contribution in [3.8, 4) is 0 Å². The fourth-order valence-corrected chi connectivity index (χ4v) is 2.59. The molecular weight excluding hydrogens is 234 g/mol. The molecule has 0 saturated carbocycles. The van der Waals surface area contributed by atoms with Crippen molar-refractivity contribution < 1.29 is 4.92 Å². The largest absolute Gasteiger partial charge is 0.286 e. The molecule has 17 heavy (non-hydrogen) atoms. The first-order valence-electron chi connectivity index (χ1n) is 5.15. The third-order valence-corrected chi connectivity index (χ3v) is 3.41. The Balaban J connectivity index is 2.40. The van der Waals surface area contributed by atoms with Gasteiger partial charge in [-0.15, -0.1) is 0 Å². The van der Waals surface area contributed by atoms with Gasteiger partial charge in [-0.05, 0) is 25.1 Å². The molecule has 0 aliphatic heterocycles. The maximum absolute atomic E-state index is 11.0. The average Bonchev–Trinajstić information content (AvgIpc) is 2.30. The van der Waals surface area contributed by atoms with Gasteiger partial charge in [0.15, 0.2) is 0 Å². The molecule has 2 aromatic carbocycles. The second-order valence-corrected chi connectivity index (χ2v) is 4.71. The topological polar surface area (TPSA) is 43.1 Å². The molecule has 0 radical (unpaired) electrons. The molecule has 0 atom stereocenters. The molecular formula is C13H11NO2S. The summed E-state index contributed by atoms with van der Waals surface area (Å²) in [6, 6.07) is 15.0. The molecule has 0 fully saturated rings. The van der Waals surface area contributed by atoms with Gasteiger partial charge in [-0.1, -0.05) is 42.1 Å². The maximum atomic E-state index is 11.0. The molecule has 0 spiro atoms. The minimum absolute atomic E-state index is 0.196.